The van der Waals surface area contributed by atoms with E-state index < -0.39 is 0 Å². The van der Waals surface area contributed by atoms with Crippen LogP contribution in [0.15, 0.2) is 86.0 Å². The van der Waals surface area contributed by atoms with Gasteiger partial charge < -0.3 is 4.74 Å². The molecule has 1 nitrogen and oxygen atoms in total. The molecule has 0 saturated carbocycles. The fourth-order valence-corrected chi connectivity index (χ4v) is 2.78. The normalized spacial score (nSPS) is 10.2. The summed E-state index contributed by atoms with van der Waals surface area (Å²) in [6.45, 7) is 8.47. The van der Waals surface area contributed by atoms with Crippen LogP contribution in [-0.2, 0) is 6.61 Å². The van der Waals surface area contributed by atoms with Crippen molar-refractivity contribution in [2.45, 2.75) is 6.61 Å². The summed E-state index contributed by atoms with van der Waals surface area (Å²) in [5.41, 5.74) is 5.45. The summed E-state index contributed by atoms with van der Waals surface area (Å²) in [4.78, 5) is 0. The SMILES string of the molecule is C=Cc1c(OCc2ccccc2)ccc(-c2ccccc2)c1C=C. The fraction of sp³-hybridized carbons (Fsp3) is 0.0435. The highest BCUT2D eigenvalue weighted by Crippen LogP contribution is 2.34. The van der Waals surface area contributed by atoms with Gasteiger partial charge >= 0.3 is 0 Å². The molecule has 3 aromatic rings. The van der Waals surface area contributed by atoms with E-state index in [2.05, 4.69) is 43.5 Å². The molecule has 0 fully saturated rings. The largest absolute Gasteiger partial charge is 0.488 e. The van der Waals surface area contributed by atoms with Gasteiger partial charge in [0.25, 0.3) is 0 Å². The third-order valence-electron chi connectivity index (χ3n) is 3.98. The Morgan fingerprint density at radius 3 is 1.96 bits per heavy atom. The van der Waals surface area contributed by atoms with Crippen LogP contribution in [0.25, 0.3) is 23.3 Å². The van der Waals surface area contributed by atoms with Gasteiger partial charge in [-0.1, -0.05) is 92.0 Å². The molecular formula is C23H20O. The molecule has 0 unspecified atom stereocenters. The monoisotopic (exact) mass is 312 g/mol. The van der Waals surface area contributed by atoms with Gasteiger partial charge in [-0.3, -0.25) is 0 Å². The van der Waals surface area contributed by atoms with Crippen molar-refractivity contribution in [3.8, 4) is 16.9 Å². The van der Waals surface area contributed by atoms with Crippen LogP contribution in [0.4, 0.5) is 0 Å². The van der Waals surface area contributed by atoms with Crippen LogP contribution in [0.3, 0.4) is 0 Å². The summed E-state index contributed by atoms with van der Waals surface area (Å²) in [5.74, 6) is 0.823. The van der Waals surface area contributed by atoms with Crippen LogP contribution in [0, 0.1) is 0 Å². The first-order valence-electron chi connectivity index (χ1n) is 7.97. The van der Waals surface area contributed by atoms with Gasteiger partial charge in [0, 0.05) is 5.56 Å². The molecule has 0 spiro atoms. The Hall–Kier alpha value is -3.06. The molecule has 0 bridgehead atoms. The van der Waals surface area contributed by atoms with Crippen molar-refractivity contribution >= 4 is 12.2 Å². The lowest BCUT2D eigenvalue weighted by Crippen LogP contribution is -1.99. The standard InChI is InChI=1S/C23H20O/c1-3-20-21(4-2)23(24-17-18-11-7-5-8-12-18)16-15-22(20)19-13-9-6-10-14-19/h3-16H,1-2,17H2. The van der Waals surface area contributed by atoms with E-state index in [0.717, 1.165) is 33.6 Å². The molecule has 0 atom stereocenters. The fourth-order valence-electron chi connectivity index (χ4n) is 2.78. The van der Waals surface area contributed by atoms with Gasteiger partial charge in [0.1, 0.15) is 12.4 Å². The molecular weight excluding hydrogens is 292 g/mol. The van der Waals surface area contributed by atoms with Crippen molar-refractivity contribution in [2.75, 3.05) is 0 Å². The third-order valence-corrected chi connectivity index (χ3v) is 3.98. The van der Waals surface area contributed by atoms with E-state index in [1.54, 1.807) is 0 Å². The highest BCUT2D eigenvalue weighted by molar-refractivity contribution is 5.82. The third kappa shape index (κ3) is 3.31. The Balaban J connectivity index is 1.97. The first-order valence-corrected chi connectivity index (χ1v) is 7.97. The van der Waals surface area contributed by atoms with Gasteiger partial charge in [-0.05, 0) is 28.3 Å². The second-order valence-corrected chi connectivity index (χ2v) is 5.49. The highest BCUT2D eigenvalue weighted by atomic mass is 16.5. The van der Waals surface area contributed by atoms with Gasteiger partial charge in [-0.25, -0.2) is 0 Å². The van der Waals surface area contributed by atoms with E-state index in [9.17, 15) is 0 Å². The van der Waals surface area contributed by atoms with Crippen molar-refractivity contribution in [3.63, 3.8) is 0 Å². The van der Waals surface area contributed by atoms with Crippen LogP contribution in [-0.4, -0.2) is 0 Å². The average molecular weight is 312 g/mol. The maximum absolute atomic E-state index is 6.03. The first-order chi connectivity index (χ1) is 11.8. The lowest BCUT2D eigenvalue weighted by molar-refractivity contribution is 0.305. The minimum atomic E-state index is 0.531. The van der Waals surface area contributed by atoms with Gasteiger partial charge in [0.2, 0.25) is 0 Å². The number of benzene rings is 3. The summed E-state index contributed by atoms with van der Waals surface area (Å²) in [6.07, 6.45) is 3.71. The molecule has 0 radical (unpaired) electrons. The Kier molecular flexibility index (Phi) is 4.93. The summed E-state index contributed by atoms with van der Waals surface area (Å²) in [7, 11) is 0. The second-order valence-electron chi connectivity index (χ2n) is 5.49. The van der Waals surface area contributed by atoms with E-state index in [1.807, 2.05) is 54.6 Å². The van der Waals surface area contributed by atoms with Crippen LogP contribution in [0.5, 0.6) is 5.75 Å². The Morgan fingerprint density at radius 2 is 1.33 bits per heavy atom. The van der Waals surface area contributed by atoms with E-state index in [1.165, 1.54) is 0 Å². The Labute approximate surface area is 143 Å². The van der Waals surface area contributed by atoms with Crippen molar-refractivity contribution in [1.29, 1.82) is 0 Å². The van der Waals surface area contributed by atoms with Gasteiger partial charge in [0.15, 0.2) is 0 Å². The lowest BCUT2D eigenvalue weighted by atomic mass is 9.94. The minimum Gasteiger partial charge on any atom is -0.488 e. The van der Waals surface area contributed by atoms with Gasteiger partial charge in [-0.15, -0.1) is 0 Å². The topological polar surface area (TPSA) is 9.23 Å². The zero-order valence-electron chi connectivity index (χ0n) is 13.6. The van der Waals surface area contributed by atoms with E-state index in [4.69, 9.17) is 4.74 Å². The quantitative estimate of drug-likeness (QED) is 0.525. The zero-order chi connectivity index (χ0) is 16.8. The molecule has 0 aliphatic heterocycles. The highest BCUT2D eigenvalue weighted by Gasteiger charge is 2.11. The molecule has 118 valence electrons. The lowest BCUT2D eigenvalue weighted by Gasteiger charge is -2.15. The molecule has 0 aliphatic rings. The first kappa shape index (κ1) is 15.8. The predicted molar refractivity (Wildman–Crippen MR) is 103 cm³/mol. The van der Waals surface area contributed by atoms with Gasteiger partial charge in [-0.2, -0.15) is 0 Å². The van der Waals surface area contributed by atoms with Gasteiger partial charge in [0.05, 0.1) is 0 Å². The molecule has 0 saturated heterocycles. The molecule has 3 rings (SSSR count). The number of rotatable bonds is 6. The van der Waals surface area contributed by atoms with Crippen molar-refractivity contribution in [3.05, 3.63) is 103 Å². The predicted octanol–water partition coefficient (Wildman–Crippen LogP) is 6.22. The maximum Gasteiger partial charge on any atom is 0.127 e. The number of hydrogen-bond acceptors (Lipinski definition) is 1. The zero-order valence-corrected chi connectivity index (χ0v) is 13.6. The summed E-state index contributed by atoms with van der Waals surface area (Å²) < 4.78 is 6.03. The second kappa shape index (κ2) is 7.47. The molecule has 0 N–H and O–H groups in total. The number of ether oxygens (including phenoxy) is 1. The molecule has 0 heterocycles. The molecule has 1 heteroatoms. The molecule has 0 aliphatic carbocycles. The van der Waals surface area contributed by atoms with Crippen molar-refractivity contribution in [2.24, 2.45) is 0 Å². The molecule has 24 heavy (non-hydrogen) atoms. The van der Waals surface area contributed by atoms with Crippen LogP contribution in [0.1, 0.15) is 16.7 Å². The summed E-state index contributed by atoms with van der Waals surface area (Å²) in [6, 6.07) is 24.5. The summed E-state index contributed by atoms with van der Waals surface area (Å²) >= 11 is 0. The summed E-state index contributed by atoms with van der Waals surface area (Å²) in [5, 5.41) is 0. The van der Waals surface area contributed by atoms with E-state index in [0.29, 0.717) is 6.61 Å². The van der Waals surface area contributed by atoms with Crippen molar-refractivity contribution in [1.82, 2.24) is 0 Å². The smallest absolute Gasteiger partial charge is 0.127 e. The van der Waals surface area contributed by atoms with Crippen molar-refractivity contribution < 1.29 is 4.74 Å². The van der Waals surface area contributed by atoms with Crippen LogP contribution < -0.4 is 4.74 Å². The molecule has 0 amide bonds. The Morgan fingerprint density at radius 1 is 0.708 bits per heavy atom. The van der Waals surface area contributed by atoms with Crippen LogP contribution >= 0.6 is 0 Å². The maximum atomic E-state index is 6.03. The molecule has 0 aromatic heterocycles. The molecule has 3 aromatic carbocycles. The average Bonchev–Trinajstić information content (AvgIpc) is 2.67. The Bertz CT molecular complexity index is 833. The van der Waals surface area contributed by atoms with Crippen LogP contribution in [0.2, 0.25) is 0 Å². The van der Waals surface area contributed by atoms with E-state index >= 15 is 0 Å². The minimum absolute atomic E-state index is 0.531. The number of hydrogen-bond donors (Lipinski definition) is 0. The van der Waals surface area contributed by atoms with E-state index in [-0.39, 0.29) is 0 Å².